The SMILES string of the molecule is CC.N#Cc1ccc(S(=O)(=O)Nc2cccc(C(c3c(O)cc(CNS(=O)(=O)c4ccccc4)oc3=O)C3CC3)c2)cc1. The van der Waals surface area contributed by atoms with Crippen molar-refractivity contribution in [1.82, 2.24) is 4.72 Å². The molecule has 0 aliphatic heterocycles. The Bertz CT molecular complexity index is 1900. The Balaban J connectivity index is 0.00000207. The molecule has 1 heterocycles. The van der Waals surface area contributed by atoms with Gasteiger partial charge in [0.2, 0.25) is 10.0 Å². The molecule has 1 fully saturated rings. The van der Waals surface area contributed by atoms with Crippen LogP contribution in [0.15, 0.2) is 104 Å². The third-order valence-electron chi connectivity index (χ3n) is 6.70. The fraction of sp³-hybridized carbons (Fsp3) is 0.226. The second-order valence-electron chi connectivity index (χ2n) is 9.62. The Morgan fingerprint density at radius 2 is 1.56 bits per heavy atom. The van der Waals surface area contributed by atoms with E-state index in [-0.39, 0.29) is 45.0 Å². The number of benzene rings is 3. The van der Waals surface area contributed by atoms with Gasteiger partial charge in [0.15, 0.2) is 0 Å². The number of rotatable bonds is 10. The van der Waals surface area contributed by atoms with Crippen LogP contribution in [0.5, 0.6) is 5.75 Å². The monoisotopic (exact) mass is 621 g/mol. The third-order valence-corrected chi connectivity index (χ3v) is 9.52. The van der Waals surface area contributed by atoms with E-state index in [0.29, 0.717) is 11.1 Å². The summed E-state index contributed by atoms with van der Waals surface area (Å²) in [6.45, 7) is 3.65. The highest BCUT2D eigenvalue weighted by Gasteiger charge is 2.37. The third kappa shape index (κ3) is 7.50. The van der Waals surface area contributed by atoms with Crippen LogP contribution in [0.4, 0.5) is 5.69 Å². The van der Waals surface area contributed by atoms with Gasteiger partial charge in [-0.3, -0.25) is 4.72 Å². The molecule has 43 heavy (non-hydrogen) atoms. The zero-order valence-electron chi connectivity index (χ0n) is 23.5. The van der Waals surface area contributed by atoms with Gasteiger partial charge in [0.1, 0.15) is 11.5 Å². The molecule has 10 nitrogen and oxygen atoms in total. The topological polar surface area (TPSA) is 167 Å². The molecule has 1 aromatic heterocycles. The first-order chi connectivity index (χ1) is 20.6. The van der Waals surface area contributed by atoms with Crippen LogP contribution in [0.1, 0.15) is 55.1 Å². The van der Waals surface area contributed by atoms with Gasteiger partial charge in [0.25, 0.3) is 10.0 Å². The van der Waals surface area contributed by atoms with Crippen LogP contribution in [-0.4, -0.2) is 21.9 Å². The quantitative estimate of drug-likeness (QED) is 0.221. The molecular formula is C31H31N3O7S2. The lowest BCUT2D eigenvalue weighted by molar-refractivity contribution is 0.401. The molecule has 0 saturated heterocycles. The molecule has 1 unspecified atom stereocenters. The van der Waals surface area contributed by atoms with Crippen molar-refractivity contribution in [2.45, 2.75) is 48.9 Å². The fourth-order valence-corrected chi connectivity index (χ4v) is 6.65. The fourth-order valence-electron chi connectivity index (χ4n) is 4.58. The van der Waals surface area contributed by atoms with Crippen LogP contribution < -0.4 is 15.1 Å². The van der Waals surface area contributed by atoms with Crippen molar-refractivity contribution in [3.8, 4) is 11.8 Å². The molecule has 1 atom stereocenters. The summed E-state index contributed by atoms with van der Waals surface area (Å²) in [7, 11) is -7.82. The van der Waals surface area contributed by atoms with Crippen LogP contribution in [0, 0.1) is 17.2 Å². The number of nitrogens with zero attached hydrogens (tertiary/aromatic N) is 1. The lowest BCUT2D eigenvalue weighted by atomic mass is 9.87. The first kappa shape index (κ1) is 31.5. The van der Waals surface area contributed by atoms with Crippen molar-refractivity contribution in [2.24, 2.45) is 5.92 Å². The van der Waals surface area contributed by atoms with E-state index in [1.807, 2.05) is 19.9 Å². The first-order valence-electron chi connectivity index (χ1n) is 13.6. The molecule has 0 bridgehead atoms. The number of nitriles is 1. The average molecular weight is 622 g/mol. The maximum Gasteiger partial charge on any atom is 0.343 e. The Morgan fingerprint density at radius 3 is 2.16 bits per heavy atom. The lowest BCUT2D eigenvalue weighted by Gasteiger charge is -2.19. The first-order valence-corrected chi connectivity index (χ1v) is 16.6. The summed E-state index contributed by atoms with van der Waals surface area (Å²) in [5.41, 5.74) is 0.408. The Labute approximate surface area is 250 Å². The van der Waals surface area contributed by atoms with E-state index < -0.39 is 31.6 Å². The van der Waals surface area contributed by atoms with Gasteiger partial charge >= 0.3 is 5.63 Å². The molecule has 0 amide bonds. The predicted octanol–water partition coefficient (Wildman–Crippen LogP) is 5.06. The van der Waals surface area contributed by atoms with Crippen molar-refractivity contribution in [3.05, 3.63) is 118 Å². The van der Waals surface area contributed by atoms with Crippen molar-refractivity contribution in [1.29, 1.82) is 5.26 Å². The summed E-state index contributed by atoms with van der Waals surface area (Å²) in [4.78, 5) is 13.1. The summed E-state index contributed by atoms with van der Waals surface area (Å²) in [5.74, 6) is -0.942. The predicted molar refractivity (Wildman–Crippen MR) is 161 cm³/mol. The molecule has 1 aliphatic rings. The molecule has 5 rings (SSSR count). The van der Waals surface area contributed by atoms with Crippen LogP contribution in [0.2, 0.25) is 0 Å². The van der Waals surface area contributed by atoms with Crippen molar-refractivity contribution in [3.63, 3.8) is 0 Å². The Kier molecular flexibility index (Phi) is 9.70. The molecular weight excluding hydrogens is 590 g/mol. The zero-order chi connectivity index (χ0) is 31.2. The highest BCUT2D eigenvalue weighted by atomic mass is 32.2. The van der Waals surface area contributed by atoms with Crippen LogP contribution in [0.3, 0.4) is 0 Å². The van der Waals surface area contributed by atoms with Crippen LogP contribution >= 0.6 is 0 Å². The summed E-state index contributed by atoms with van der Waals surface area (Å²) in [6.07, 6.45) is 1.59. The maximum absolute atomic E-state index is 13.1. The minimum atomic E-state index is -3.96. The molecule has 3 N–H and O–H groups in total. The second kappa shape index (κ2) is 13.2. The summed E-state index contributed by atoms with van der Waals surface area (Å²) < 4.78 is 61.2. The van der Waals surface area contributed by atoms with E-state index in [0.717, 1.165) is 12.8 Å². The standard InChI is InChI=1S/C29H25N3O7S2.C2H6/c30-17-19-9-13-25(14-10-19)41(37,38)32-22-6-4-5-21(15-22)27(20-11-12-20)28-26(33)16-23(39-29(28)34)18-31-40(35,36)24-7-2-1-3-8-24;1-2/h1-10,13-16,20,27,31-33H,11-12,18H2;1-2H3. The van der Waals surface area contributed by atoms with E-state index in [4.69, 9.17) is 9.68 Å². The Morgan fingerprint density at radius 1 is 0.907 bits per heavy atom. The average Bonchev–Trinajstić information content (AvgIpc) is 3.85. The van der Waals surface area contributed by atoms with Gasteiger partial charge in [-0.1, -0.05) is 44.2 Å². The second-order valence-corrected chi connectivity index (χ2v) is 13.1. The molecule has 4 aromatic rings. The number of nitrogens with one attached hydrogen (secondary N) is 2. The van der Waals surface area contributed by atoms with E-state index in [2.05, 4.69) is 9.44 Å². The van der Waals surface area contributed by atoms with Crippen molar-refractivity contribution < 1.29 is 26.4 Å². The number of hydrogen-bond donors (Lipinski definition) is 3. The molecule has 12 heteroatoms. The van der Waals surface area contributed by atoms with Crippen LogP contribution in [-0.2, 0) is 26.6 Å². The lowest BCUT2D eigenvalue weighted by Crippen LogP contribution is -2.24. The molecule has 1 aliphatic carbocycles. The zero-order valence-corrected chi connectivity index (χ0v) is 25.2. The van der Waals surface area contributed by atoms with Gasteiger partial charge in [0, 0.05) is 17.7 Å². The van der Waals surface area contributed by atoms with E-state index >= 15 is 0 Å². The van der Waals surface area contributed by atoms with E-state index in [1.165, 1.54) is 42.5 Å². The normalized spacial score (nSPS) is 13.7. The maximum atomic E-state index is 13.1. The smallest absolute Gasteiger partial charge is 0.343 e. The Hall–Kier alpha value is -4.44. The molecule has 1 saturated carbocycles. The largest absolute Gasteiger partial charge is 0.507 e. The van der Waals surface area contributed by atoms with Gasteiger partial charge < -0.3 is 9.52 Å². The van der Waals surface area contributed by atoms with E-state index in [1.54, 1.807) is 42.5 Å². The van der Waals surface area contributed by atoms with Gasteiger partial charge in [-0.05, 0) is 72.9 Å². The van der Waals surface area contributed by atoms with Gasteiger partial charge in [-0.15, -0.1) is 0 Å². The number of anilines is 1. The molecule has 0 radical (unpaired) electrons. The number of hydrogen-bond acceptors (Lipinski definition) is 8. The summed E-state index contributed by atoms with van der Waals surface area (Å²) in [6, 6.07) is 22.9. The minimum absolute atomic E-state index is 0.0163. The summed E-state index contributed by atoms with van der Waals surface area (Å²) in [5, 5.41) is 19.9. The van der Waals surface area contributed by atoms with Gasteiger partial charge in [0.05, 0.1) is 33.5 Å². The van der Waals surface area contributed by atoms with Gasteiger partial charge in [-0.25, -0.2) is 26.4 Å². The van der Waals surface area contributed by atoms with Crippen LogP contribution in [0.25, 0.3) is 0 Å². The van der Waals surface area contributed by atoms with E-state index in [9.17, 15) is 26.7 Å². The molecule has 0 spiro atoms. The van der Waals surface area contributed by atoms with Crippen molar-refractivity contribution >= 4 is 25.7 Å². The number of sulfonamides is 2. The minimum Gasteiger partial charge on any atom is -0.507 e. The van der Waals surface area contributed by atoms with Crippen molar-refractivity contribution in [2.75, 3.05) is 4.72 Å². The highest BCUT2D eigenvalue weighted by Crippen LogP contribution is 2.48. The summed E-state index contributed by atoms with van der Waals surface area (Å²) >= 11 is 0. The van der Waals surface area contributed by atoms with Gasteiger partial charge in [-0.2, -0.15) is 5.26 Å². The molecule has 3 aromatic carbocycles. The molecule has 224 valence electrons. The number of aromatic hydroxyl groups is 1. The highest BCUT2D eigenvalue weighted by molar-refractivity contribution is 7.92.